The van der Waals surface area contributed by atoms with Crippen LogP contribution in [0.5, 0.6) is 0 Å². The van der Waals surface area contributed by atoms with Gasteiger partial charge in [0.15, 0.2) is 0 Å². The van der Waals surface area contributed by atoms with Gasteiger partial charge in [0.1, 0.15) is 11.9 Å². The Kier molecular flexibility index (Phi) is 8.05. The van der Waals surface area contributed by atoms with E-state index in [4.69, 9.17) is 0 Å². The van der Waals surface area contributed by atoms with Gasteiger partial charge < -0.3 is 9.88 Å². The maximum Gasteiger partial charge on any atom is 0.241 e. The molecular formula is C22H25FN4O3S2. The van der Waals surface area contributed by atoms with Gasteiger partial charge in [-0.3, -0.25) is 4.79 Å². The number of hydrogen-bond donors (Lipinski definition) is 2. The first kappa shape index (κ1) is 24.0. The molecule has 3 aromatic rings. The number of nitrogens with zero attached hydrogens (tertiary/aromatic N) is 2. The Bertz CT molecular complexity index is 1150. The molecule has 1 atom stereocenters. The van der Waals surface area contributed by atoms with Gasteiger partial charge in [0.25, 0.3) is 0 Å². The Labute approximate surface area is 191 Å². The fraction of sp³-hybridized carbons (Fsp3) is 0.273. The van der Waals surface area contributed by atoms with Crippen molar-refractivity contribution in [3.8, 4) is 5.69 Å². The van der Waals surface area contributed by atoms with Gasteiger partial charge in [-0.25, -0.2) is 17.8 Å². The first-order chi connectivity index (χ1) is 15.3. The summed E-state index contributed by atoms with van der Waals surface area (Å²) in [5.74, 6) is -0.314. The average Bonchev–Trinajstić information content (AvgIpc) is 3.30. The lowest BCUT2D eigenvalue weighted by molar-refractivity contribution is -0.122. The summed E-state index contributed by atoms with van der Waals surface area (Å²) in [5.41, 5.74) is 1.85. The summed E-state index contributed by atoms with van der Waals surface area (Å²) in [6.07, 6.45) is 6.90. The van der Waals surface area contributed by atoms with E-state index in [-0.39, 0.29) is 11.4 Å². The molecule has 170 valence electrons. The van der Waals surface area contributed by atoms with Crippen LogP contribution >= 0.6 is 11.8 Å². The van der Waals surface area contributed by atoms with Crippen molar-refractivity contribution in [2.24, 2.45) is 0 Å². The lowest BCUT2D eigenvalue weighted by atomic mass is 10.1. The van der Waals surface area contributed by atoms with Gasteiger partial charge in [-0.15, -0.1) is 0 Å². The standard InChI is InChI=1S/C22H25FN4O3S2/c1-16-3-6-18(7-4-16)32(29,30)26-20(9-12-31-2)22(28)25-14-17-5-8-21(19(23)13-17)27-11-10-24-15-27/h3-8,10-11,13,15,20,26H,9,12,14H2,1-2H3,(H,25,28). The van der Waals surface area contributed by atoms with E-state index in [0.29, 0.717) is 23.4 Å². The number of imidazole rings is 1. The molecular weight excluding hydrogens is 451 g/mol. The lowest BCUT2D eigenvalue weighted by Crippen LogP contribution is -2.46. The number of rotatable bonds is 10. The van der Waals surface area contributed by atoms with Crippen molar-refractivity contribution in [3.05, 3.63) is 78.1 Å². The molecule has 10 heteroatoms. The highest BCUT2D eigenvalue weighted by Gasteiger charge is 2.25. The third-order valence-corrected chi connectivity index (χ3v) is 6.95. The van der Waals surface area contributed by atoms with Crippen LogP contribution < -0.4 is 10.0 Å². The predicted octanol–water partition coefficient (Wildman–Crippen LogP) is 3.04. The van der Waals surface area contributed by atoms with E-state index in [2.05, 4.69) is 15.0 Å². The number of amides is 1. The number of sulfonamides is 1. The van der Waals surface area contributed by atoms with E-state index in [9.17, 15) is 17.6 Å². The number of aromatic nitrogens is 2. The Balaban J connectivity index is 1.68. The monoisotopic (exact) mass is 476 g/mol. The van der Waals surface area contributed by atoms with E-state index < -0.39 is 27.8 Å². The van der Waals surface area contributed by atoms with E-state index in [0.717, 1.165) is 5.56 Å². The van der Waals surface area contributed by atoms with Gasteiger partial charge in [-0.2, -0.15) is 16.5 Å². The molecule has 0 aliphatic carbocycles. The fourth-order valence-electron chi connectivity index (χ4n) is 3.04. The highest BCUT2D eigenvalue weighted by Crippen LogP contribution is 2.16. The van der Waals surface area contributed by atoms with Crippen molar-refractivity contribution in [2.45, 2.75) is 30.8 Å². The SMILES string of the molecule is CSCCC(NS(=O)(=O)c1ccc(C)cc1)C(=O)NCc1ccc(-n2ccnc2)c(F)c1. The second-order valence-corrected chi connectivity index (χ2v) is 9.94. The van der Waals surface area contributed by atoms with Crippen LogP contribution in [0.15, 0.2) is 66.1 Å². The molecule has 0 aliphatic heterocycles. The van der Waals surface area contributed by atoms with Gasteiger partial charge in [0, 0.05) is 18.9 Å². The van der Waals surface area contributed by atoms with Gasteiger partial charge in [0.05, 0.1) is 16.9 Å². The number of nitrogens with one attached hydrogen (secondary N) is 2. The minimum absolute atomic E-state index is 0.0714. The highest BCUT2D eigenvalue weighted by atomic mass is 32.2. The van der Waals surface area contributed by atoms with Crippen molar-refractivity contribution in [3.63, 3.8) is 0 Å². The second-order valence-electron chi connectivity index (χ2n) is 7.24. The maximum atomic E-state index is 14.4. The van der Waals surface area contributed by atoms with Crippen LogP contribution in [0.25, 0.3) is 5.69 Å². The third kappa shape index (κ3) is 6.18. The zero-order chi connectivity index (χ0) is 23.1. The Hall–Kier alpha value is -2.69. The van der Waals surface area contributed by atoms with E-state index in [1.165, 1.54) is 36.3 Å². The summed E-state index contributed by atoms with van der Waals surface area (Å²) >= 11 is 1.52. The number of aryl methyl sites for hydroxylation is 1. The molecule has 0 saturated carbocycles. The van der Waals surface area contributed by atoms with Crippen LogP contribution in [0.2, 0.25) is 0 Å². The maximum absolute atomic E-state index is 14.4. The topological polar surface area (TPSA) is 93.1 Å². The third-order valence-electron chi connectivity index (χ3n) is 4.82. The van der Waals surface area contributed by atoms with E-state index in [1.54, 1.807) is 41.2 Å². The molecule has 1 heterocycles. The Morgan fingerprint density at radius 3 is 2.59 bits per heavy atom. The number of halogens is 1. The van der Waals surface area contributed by atoms with Gasteiger partial charge >= 0.3 is 0 Å². The number of thioether (sulfide) groups is 1. The molecule has 1 amide bonds. The summed E-state index contributed by atoms with van der Waals surface area (Å²) in [5, 5.41) is 2.71. The second kappa shape index (κ2) is 10.8. The van der Waals surface area contributed by atoms with Crippen molar-refractivity contribution in [2.75, 3.05) is 12.0 Å². The minimum atomic E-state index is -3.86. The van der Waals surface area contributed by atoms with Crippen molar-refractivity contribution in [1.29, 1.82) is 0 Å². The highest BCUT2D eigenvalue weighted by molar-refractivity contribution is 7.98. The fourth-order valence-corrected chi connectivity index (χ4v) is 4.74. The number of hydrogen-bond acceptors (Lipinski definition) is 5. The Morgan fingerprint density at radius 2 is 1.97 bits per heavy atom. The molecule has 0 spiro atoms. The average molecular weight is 477 g/mol. The number of carbonyl (C=O) groups excluding carboxylic acids is 1. The lowest BCUT2D eigenvalue weighted by Gasteiger charge is -2.18. The first-order valence-electron chi connectivity index (χ1n) is 9.92. The molecule has 0 aliphatic rings. The van der Waals surface area contributed by atoms with E-state index >= 15 is 0 Å². The minimum Gasteiger partial charge on any atom is -0.351 e. The van der Waals surface area contributed by atoms with Crippen LogP contribution in [0, 0.1) is 12.7 Å². The Morgan fingerprint density at radius 1 is 1.22 bits per heavy atom. The van der Waals surface area contributed by atoms with Crippen LogP contribution in [0.4, 0.5) is 4.39 Å². The summed E-state index contributed by atoms with van der Waals surface area (Å²) in [4.78, 5) is 16.8. The molecule has 32 heavy (non-hydrogen) atoms. The van der Waals surface area contributed by atoms with Crippen molar-refractivity contribution < 1.29 is 17.6 Å². The zero-order valence-corrected chi connectivity index (χ0v) is 19.4. The van der Waals surface area contributed by atoms with Crippen LogP contribution in [0.3, 0.4) is 0 Å². The van der Waals surface area contributed by atoms with Gasteiger partial charge in [-0.1, -0.05) is 23.8 Å². The molecule has 0 fully saturated rings. The first-order valence-corrected chi connectivity index (χ1v) is 12.8. The molecule has 1 unspecified atom stereocenters. The molecule has 3 rings (SSSR count). The molecule has 1 aromatic heterocycles. The normalized spacial score (nSPS) is 12.5. The molecule has 0 bridgehead atoms. The summed E-state index contributed by atoms with van der Waals surface area (Å²) in [6, 6.07) is 10.1. The summed E-state index contributed by atoms with van der Waals surface area (Å²) in [7, 11) is -3.86. The predicted molar refractivity (Wildman–Crippen MR) is 124 cm³/mol. The van der Waals surface area contributed by atoms with Crippen molar-refractivity contribution >= 4 is 27.7 Å². The largest absolute Gasteiger partial charge is 0.351 e. The van der Waals surface area contributed by atoms with Crippen LogP contribution in [-0.2, 0) is 21.4 Å². The quantitative estimate of drug-likeness (QED) is 0.469. The summed E-state index contributed by atoms with van der Waals surface area (Å²) < 4.78 is 44.0. The van der Waals surface area contributed by atoms with Gasteiger partial charge in [-0.05, 0) is 55.2 Å². The van der Waals surface area contributed by atoms with Gasteiger partial charge in [0.2, 0.25) is 15.9 Å². The molecule has 2 N–H and O–H groups in total. The smallest absolute Gasteiger partial charge is 0.241 e. The molecule has 0 radical (unpaired) electrons. The number of benzene rings is 2. The van der Waals surface area contributed by atoms with Crippen LogP contribution in [-0.4, -0.2) is 41.9 Å². The van der Waals surface area contributed by atoms with Crippen LogP contribution in [0.1, 0.15) is 17.5 Å². The van der Waals surface area contributed by atoms with E-state index in [1.807, 2.05) is 13.2 Å². The molecule has 2 aromatic carbocycles. The van der Waals surface area contributed by atoms with Crippen molar-refractivity contribution in [1.82, 2.24) is 19.6 Å². The zero-order valence-electron chi connectivity index (χ0n) is 17.8. The molecule has 7 nitrogen and oxygen atoms in total. The number of carbonyl (C=O) groups is 1. The molecule has 0 saturated heterocycles. The summed E-state index contributed by atoms with van der Waals surface area (Å²) in [6.45, 7) is 1.94.